The van der Waals surface area contributed by atoms with E-state index >= 15 is 0 Å². The summed E-state index contributed by atoms with van der Waals surface area (Å²) in [5, 5.41) is 46.0. The average Bonchev–Trinajstić information content (AvgIpc) is 4.03. The van der Waals surface area contributed by atoms with Gasteiger partial charge in [0.05, 0.1) is 38.1 Å². The number of amides is 7. The van der Waals surface area contributed by atoms with E-state index in [4.69, 9.17) is 15.2 Å². The molecule has 77 heavy (non-hydrogen) atoms. The molecule has 20 nitrogen and oxygen atoms in total. The van der Waals surface area contributed by atoms with Crippen molar-refractivity contribution in [2.75, 3.05) is 32.8 Å². The van der Waals surface area contributed by atoms with Gasteiger partial charge >= 0.3 is 0 Å². The van der Waals surface area contributed by atoms with Crippen LogP contribution in [-0.4, -0.2) is 160 Å². The molecule has 10 atom stereocenters. The molecule has 20 heteroatoms. The standard InChI is InChI=1S/C57H72N8O12/c1-4-5-9-27-77-44-24-22-40(23-25-44)38-16-14-37(15-17-38)39-18-20-41(21-19-39)51(69)60-45-13-10-26-59-54(72)47-28-42(58)30-64(47)56(74)49(34(2)66)63-53(71)46(33-76-32-36-11-7-6-8-12-36)61-55(73)48-29-43(68)31-65(48)57(75)50(35(3)67)62-52(45)70/h6-8,11-12,14-25,34-35,42-43,45-50,66-68H,4-5,9-10,13,26-33,58H2,1-3H3,(H,59,72)(H,60,69)(H,61,73)(H,62,70)(H,63,71)/t34?,35?,42?,43-,45?,46?,47?,48?,49?,50?/m1/s1. The number of aliphatic hydroxyl groups is 3. The quantitative estimate of drug-likeness (QED) is 0.0771. The fraction of sp³-hybridized carbons (Fsp3) is 0.456. The van der Waals surface area contributed by atoms with Gasteiger partial charge in [-0.3, -0.25) is 33.6 Å². The number of nitrogens with one attached hydrogen (secondary N) is 5. The summed E-state index contributed by atoms with van der Waals surface area (Å²) in [6.07, 6.45) is -1.22. The second kappa shape index (κ2) is 27.2. The highest BCUT2D eigenvalue weighted by atomic mass is 16.5. The average molecular weight is 1060 g/mol. The molecular formula is C57H72N8O12. The number of benzene rings is 4. The van der Waals surface area contributed by atoms with Crippen LogP contribution in [0.25, 0.3) is 22.3 Å². The molecule has 10 N–H and O–H groups in total. The van der Waals surface area contributed by atoms with Gasteiger partial charge in [-0.2, -0.15) is 0 Å². The van der Waals surface area contributed by atoms with Gasteiger partial charge in [0.15, 0.2) is 0 Å². The number of hydrogen-bond donors (Lipinski definition) is 9. The van der Waals surface area contributed by atoms with Crippen LogP contribution in [0.15, 0.2) is 103 Å². The number of nitrogens with zero attached hydrogens (tertiary/aromatic N) is 2. The molecule has 0 saturated carbocycles. The second-order valence-electron chi connectivity index (χ2n) is 20.1. The molecule has 7 rings (SSSR count). The number of hydrogen-bond acceptors (Lipinski definition) is 13. The molecule has 4 aromatic rings. The van der Waals surface area contributed by atoms with E-state index in [0.717, 1.165) is 57.7 Å². The zero-order chi connectivity index (χ0) is 55.2. The Morgan fingerprint density at radius 3 is 1.86 bits per heavy atom. The fourth-order valence-corrected chi connectivity index (χ4v) is 9.73. The lowest BCUT2D eigenvalue weighted by Crippen LogP contribution is -2.62. The third kappa shape index (κ3) is 15.3. The number of carbonyl (C=O) groups excluding carboxylic acids is 7. The van der Waals surface area contributed by atoms with E-state index in [2.05, 4.69) is 33.5 Å². The van der Waals surface area contributed by atoms with Crippen molar-refractivity contribution < 1.29 is 58.4 Å². The largest absolute Gasteiger partial charge is 0.494 e. The van der Waals surface area contributed by atoms with Gasteiger partial charge in [0.1, 0.15) is 42.0 Å². The van der Waals surface area contributed by atoms with E-state index in [1.165, 1.54) is 18.7 Å². The van der Waals surface area contributed by atoms with E-state index in [-0.39, 0.29) is 57.5 Å². The molecule has 4 aromatic carbocycles. The predicted octanol–water partition coefficient (Wildman–Crippen LogP) is 1.92. The molecule has 7 amide bonds. The lowest BCUT2D eigenvalue weighted by Gasteiger charge is -2.32. The maximum Gasteiger partial charge on any atom is 0.251 e. The third-order valence-corrected chi connectivity index (χ3v) is 14.1. The highest BCUT2D eigenvalue weighted by Gasteiger charge is 2.46. The second-order valence-corrected chi connectivity index (χ2v) is 20.1. The van der Waals surface area contributed by atoms with Crippen molar-refractivity contribution in [1.29, 1.82) is 0 Å². The molecule has 0 bridgehead atoms. The zero-order valence-corrected chi connectivity index (χ0v) is 43.8. The van der Waals surface area contributed by atoms with Crippen molar-refractivity contribution in [2.24, 2.45) is 5.73 Å². The van der Waals surface area contributed by atoms with Gasteiger partial charge in [-0.15, -0.1) is 0 Å². The lowest BCUT2D eigenvalue weighted by molar-refractivity contribution is -0.146. The Morgan fingerprint density at radius 1 is 0.701 bits per heavy atom. The first-order valence-corrected chi connectivity index (χ1v) is 26.5. The molecule has 3 heterocycles. The Labute approximate surface area is 448 Å². The van der Waals surface area contributed by atoms with Gasteiger partial charge < -0.3 is 66.9 Å². The Balaban J connectivity index is 1.10. The molecule has 9 unspecified atom stereocenters. The fourth-order valence-electron chi connectivity index (χ4n) is 9.73. The summed E-state index contributed by atoms with van der Waals surface area (Å²) in [6.45, 7) is 4.44. The number of ether oxygens (including phenoxy) is 2. The number of carbonyl (C=O) groups is 7. The first kappa shape index (κ1) is 57.5. The van der Waals surface area contributed by atoms with Crippen LogP contribution >= 0.6 is 0 Å². The first-order valence-electron chi connectivity index (χ1n) is 26.5. The lowest BCUT2D eigenvalue weighted by atomic mass is 9.99. The van der Waals surface area contributed by atoms with Gasteiger partial charge in [0.2, 0.25) is 35.4 Å². The number of fused-ring (bicyclic) bond motifs is 2. The van der Waals surface area contributed by atoms with Crippen LogP contribution in [0.2, 0.25) is 0 Å². The normalized spacial score (nSPS) is 24.8. The van der Waals surface area contributed by atoms with Crippen molar-refractivity contribution in [3.8, 4) is 28.0 Å². The monoisotopic (exact) mass is 1060 g/mol. The van der Waals surface area contributed by atoms with Crippen LogP contribution in [-0.2, 0) is 40.1 Å². The molecule has 0 aliphatic carbocycles. The van der Waals surface area contributed by atoms with Gasteiger partial charge in [-0.25, -0.2) is 0 Å². The topological polar surface area (TPSA) is 291 Å². The van der Waals surface area contributed by atoms with Crippen LogP contribution in [0.3, 0.4) is 0 Å². The van der Waals surface area contributed by atoms with Gasteiger partial charge in [-0.05, 0) is 91.6 Å². The third-order valence-electron chi connectivity index (χ3n) is 14.1. The summed E-state index contributed by atoms with van der Waals surface area (Å²) in [5.41, 5.74) is 11.0. The van der Waals surface area contributed by atoms with Gasteiger partial charge in [0.25, 0.3) is 5.91 Å². The summed E-state index contributed by atoms with van der Waals surface area (Å²) < 4.78 is 11.7. The number of rotatable bonds is 15. The van der Waals surface area contributed by atoms with Crippen LogP contribution < -0.4 is 37.1 Å². The van der Waals surface area contributed by atoms with Crippen molar-refractivity contribution in [3.05, 3.63) is 114 Å². The van der Waals surface area contributed by atoms with Crippen LogP contribution in [0.4, 0.5) is 0 Å². The van der Waals surface area contributed by atoms with Crippen LogP contribution in [0.5, 0.6) is 5.75 Å². The molecule has 0 spiro atoms. The summed E-state index contributed by atoms with van der Waals surface area (Å²) in [4.78, 5) is 101. The first-order chi connectivity index (χ1) is 37.0. The van der Waals surface area contributed by atoms with Crippen molar-refractivity contribution in [2.45, 2.75) is 133 Å². The highest BCUT2D eigenvalue weighted by molar-refractivity contribution is 6.00. The van der Waals surface area contributed by atoms with Crippen LogP contribution in [0.1, 0.15) is 81.6 Å². The molecular weight excluding hydrogens is 989 g/mol. The molecule has 412 valence electrons. The minimum Gasteiger partial charge on any atom is -0.494 e. The van der Waals surface area contributed by atoms with Crippen molar-refractivity contribution in [1.82, 2.24) is 36.4 Å². The maximum absolute atomic E-state index is 14.4. The maximum atomic E-state index is 14.4. The Hall–Kier alpha value is -7.23. The summed E-state index contributed by atoms with van der Waals surface area (Å²) in [5.74, 6) is -4.86. The summed E-state index contributed by atoms with van der Waals surface area (Å²) >= 11 is 0. The van der Waals surface area contributed by atoms with Gasteiger partial charge in [0, 0.05) is 37.7 Å². The number of aliphatic hydroxyl groups excluding tert-OH is 3. The van der Waals surface area contributed by atoms with E-state index in [0.29, 0.717) is 6.61 Å². The SMILES string of the molecule is CCCCCOc1ccc(-c2ccc(-c3ccc(C(=O)NC4CCCNC(=O)C5CC(N)CN5C(=O)C(C(C)O)NC(=O)C(COCc5ccccc5)NC(=O)C5C[C@@H](O)CN5C(=O)C(C(C)O)NC4=O)cc3)cc2)cc1. The van der Waals surface area contributed by atoms with Crippen molar-refractivity contribution >= 4 is 41.4 Å². The van der Waals surface area contributed by atoms with E-state index in [1.807, 2.05) is 54.6 Å². The summed E-state index contributed by atoms with van der Waals surface area (Å²) in [6, 6.07) is 22.3. The van der Waals surface area contributed by atoms with Crippen LogP contribution in [0, 0.1) is 0 Å². The summed E-state index contributed by atoms with van der Waals surface area (Å²) in [7, 11) is 0. The Morgan fingerprint density at radius 2 is 1.26 bits per heavy atom. The molecule has 3 aliphatic rings. The van der Waals surface area contributed by atoms with Gasteiger partial charge in [-0.1, -0.05) is 98.6 Å². The molecule has 0 radical (unpaired) electrons. The molecule has 3 fully saturated rings. The Bertz CT molecular complexity index is 2660. The predicted molar refractivity (Wildman–Crippen MR) is 285 cm³/mol. The smallest absolute Gasteiger partial charge is 0.251 e. The molecule has 3 aliphatic heterocycles. The Kier molecular flexibility index (Phi) is 20.3. The minimum absolute atomic E-state index is 0.0141. The van der Waals surface area contributed by atoms with E-state index < -0.39 is 109 Å². The van der Waals surface area contributed by atoms with E-state index in [9.17, 15) is 48.9 Å². The zero-order valence-electron chi connectivity index (χ0n) is 43.8. The highest BCUT2D eigenvalue weighted by Crippen LogP contribution is 2.28. The van der Waals surface area contributed by atoms with E-state index in [1.54, 1.807) is 48.5 Å². The molecule has 0 aromatic heterocycles. The van der Waals surface area contributed by atoms with Crippen molar-refractivity contribution in [3.63, 3.8) is 0 Å². The number of unbranched alkanes of at least 4 members (excludes halogenated alkanes) is 2. The minimum atomic E-state index is -1.68. The number of nitrogens with two attached hydrogens (primary N) is 1. The molecule has 3 saturated heterocycles.